The zero-order valence-electron chi connectivity index (χ0n) is 10.0. The maximum atomic E-state index is 6.36. The van der Waals surface area contributed by atoms with Gasteiger partial charge in [-0.1, -0.05) is 31.0 Å². The van der Waals surface area contributed by atoms with Crippen LogP contribution in [0.4, 0.5) is 0 Å². The van der Waals surface area contributed by atoms with Gasteiger partial charge in [0.15, 0.2) is 0 Å². The topological polar surface area (TPSA) is 35.2 Å². The second kappa shape index (κ2) is 4.88. The minimum Gasteiger partial charge on any atom is -0.496 e. The summed E-state index contributed by atoms with van der Waals surface area (Å²) in [6.45, 7) is 0. The van der Waals surface area contributed by atoms with Gasteiger partial charge in [-0.25, -0.2) is 0 Å². The summed E-state index contributed by atoms with van der Waals surface area (Å²) in [7, 11) is 1.73. The monoisotopic (exact) mass is 219 g/mol. The lowest BCUT2D eigenvalue weighted by molar-refractivity contribution is 0.389. The number of hydrogen-bond donors (Lipinski definition) is 1. The van der Waals surface area contributed by atoms with Gasteiger partial charge in [0.1, 0.15) is 5.75 Å². The molecule has 2 nitrogen and oxygen atoms in total. The number of aryl methyl sites for hydroxylation is 1. The van der Waals surface area contributed by atoms with Crippen molar-refractivity contribution < 1.29 is 4.74 Å². The molecule has 1 aliphatic carbocycles. The third kappa shape index (κ3) is 2.56. The second-order valence-electron chi connectivity index (χ2n) is 4.88. The predicted octanol–water partition coefficient (Wildman–Crippen LogP) is 2.90. The van der Waals surface area contributed by atoms with Crippen molar-refractivity contribution in [2.45, 2.75) is 44.1 Å². The summed E-state index contributed by atoms with van der Waals surface area (Å²) in [4.78, 5) is 0. The maximum absolute atomic E-state index is 6.36. The molecule has 0 aromatic heterocycles. The van der Waals surface area contributed by atoms with E-state index in [0.29, 0.717) is 0 Å². The summed E-state index contributed by atoms with van der Waals surface area (Å²) < 4.78 is 5.35. The molecule has 2 rings (SSSR count). The molecule has 0 aliphatic heterocycles. The van der Waals surface area contributed by atoms with Gasteiger partial charge in [-0.15, -0.1) is 0 Å². The molecular formula is C14H21NO. The lowest BCUT2D eigenvalue weighted by Crippen LogP contribution is -2.36. The van der Waals surface area contributed by atoms with E-state index in [0.717, 1.165) is 18.6 Å². The molecule has 1 aliphatic rings. The molecule has 16 heavy (non-hydrogen) atoms. The fraction of sp³-hybridized carbons (Fsp3) is 0.571. The Hall–Kier alpha value is -1.02. The molecule has 0 radical (unpaired) electrons. The highest BCUT2D eigenvalue weighted by Gasteiger charge is 2.28. The number of para-hydroxylation sites is 1. The molecule has 1 aromatic carbocycles. The van der Waals surface area contributed by atoms with Gasteiger partial charge in [-0.2, -0.15) is 0 Å². The van der Waals surface area contributed by atoms with Crippen molar-refractivity contribution in [1.29, 1.82) is 0 Å². The lowest BCUT2D eigenvalue weighted by Gasteiger charge is -2.23. The van der Waals surface area contributed by atoms with Crippen molar-refractivity contribution in [3.8, 4) is 5.75 Å². The van der Waals surface area contributed by atoms with Crippen LogP contribution in [0.3, 0.4) is 0 Å². The van der Waals surface area contributed by atoms with E-state index in [4.69, 9.17) is 10.5 Å². The molecule has 0 bridgehead atoms. The summed E-state index contributed by atoms with van der Waals surface area (Å²) in [5.74, 6) is 0.990. The van der Waals surface area contributed by atoms with Crippen LogP contribution in [0.15, 0.2) is 24.3 Å². The first-order valence-electron chi connectivity index (χ1n) is 6.14. The van der Waals surface area contributed by atoms with Crippen molar-refractivity contribution in [2.24, 2.45) is 5.73 Å². The quantitative estimate of drug-likeness (QED) is 0.845. The van der Waals surface area contributed by atoms with Gasteiger partial charge >= 0.3 is 0 Å². The molecule has 0 atom stereocenters. The number of benzene rings is 1. The molecule has 2 heteroatoms. The van der Waals surface area contributed by atoms with Gasteiger partial charge in [0.25, 0.3) is 0 Å². The van der Waals surface area contributed by atoms with Crippen LogP contribution in [-0.4, -0.2) is 12.6 Å². The van der Waals surface area contributed by atoms with Crippen molar-refractivity contribution >= 4 is 0 Å². The largest absolute Gasteiger partial charge is 0.496 e. The summed E-state index contributed by atoms with van der Waals surface area (Å²) in [6.07, 6.45) is 7.06. The Bertz CT molecular complexity index is 342. The van der Waals surface area contributed by atoms with Crippen LogP contribution in [0.25, 0.3) is 0 Å². The van der Waals surface area contributed by atoms with Crippen molar-refractivity contribution in [1.82, 2.24) is 0 Å². The van der Waals surface area contributed by atoms with Gasteiger partial charge in [0.2, 0.25) is 0 Å². The first-order chi connectivity index (χ1) is 7.73. The van der Waals surface area contributed by atoms with Gasteiger partial charge < -0.3 is 10.5 Å². The van der Waals surface area contributed by atoms with Crippen molar-refractivity contribution in [2.75, 3.05) is 7.11 Å². The number of ether oxygens (including phenoxy) is 1. The molecule has 88 valence electrons. The molecular weight excluding hydrogens is 198 g/mol. The highest BCUT2D eigenvalue weighted by Crippen LogP contribution is 2.32. The van der Waals surface area contributed by atoms with Crippen LogP contribution in [0.5, 0.6) is 5.75 Å². The van der Waals surface area contributed by atoms with Crippen LogP contribution >= 0.6 is 0 Å². The van der Waals surface area contributed by atoms with E-state index >= 15 is 0 Å². The lowest BCUT2D eigenvalue weighted by atomic mass is 9.90. The van der Waals surface area contributed by atoms with Gasteiger partial charge in [-0.3, -0.25) is 0 Å². The molecule has 0 unspecified atom stereocenters. The Labute approximate surface area is 97.8 Å². The second-order valence-corrected chi connectivity index (χ2v) is 4.88. The molecule has 1 aromatic rings. The third-order valence-corrected chi connectivity index (χ3v) is 3.68. The van der Waals surface area contributed by atoms with Crippen molar-refractivity contribution in [3.63, 3.8) is 0 Å². The van der Waals surface area contributed by atoms with Gasteiger partial charge in [-0.05, 0) is 37.3 Å². The van der Waals surface area contributed by atoms with E-state index in [2.05, 4.69) is 12.1 Å². The Morgan fingerprint density at radius 2 is 1.94 bits per heavy atom. The van der Waals surface area contributed by atoms with Gasteiger partial charge in [0, 0.05) is 5.54 Å². The van der Waals surface area contributed by atoms with Gasteiger partial charge in [0.05, 0.1) is 7.11 Å². The SMILES string of the molecule is COc1ccccc1CCC1(N)CCCC1. The predicted molar refractivity (Wildman–Crippen MR) is 66.7 cm³/mol. The molecule has 0 spiro atoms. The summed E-state index contributed by atoms with van der Waals surface area (Å²) in [5, 5.41) is 0. The van der Waals surface area contributed by atoms with E-state index in [1.165, 1.54) is 31.2 Å². The fourth-order valence-electron chi connectivity index (χ4n) is 2.62. The van der Waals surface area contributed by atoms with E-state index < -0.39 is 0 Å². The van der Waals surface area contributed by atoms with Crippen LogP contribution in [0.2, 0.25) is 0 Å². The minimum absolute atomic E-state index is 0.0842. The van der Waals surface area contributed by atoms with Crippen LogP contribution in [0.1, 0.15) is 37.7 Å². The number of hydrogen-bond acceptors (Lipinski definition) is 2. The Morgan fingerprint density at radius 3 is 2.62 bits per heavy atom. The Balaban J connectivity index is 1.98. The molecule has 1 saturated carbocycles. The average molecular weight is 219 g/mol. The van der Waals surface area contributed by atoms with Crippen LogP contribution < -0.4 is 10.5 Å². The molecule has 0 amide bonds. The molecule has 0 saturated heterocycles. The molecule has 0 heterocycles. The smallest absolute Gasteiger partial charge is 0.122 e. The summed E-state index contributed by atoms with van der Waals surface area (Å²) >= 11 is 0. The number of nitrogens with two attached hydrogens (primary N) is 1. The van der Waals surface area contributed by atoms with E-state index in [9.17, 15) is 0 Å². The highest BCUT2D eigenvalue weighted by molar-refractivity contribution is 5.33. The molecule has 2 N–H and O–H groups in total. The standard InChI is InChI=1S/C14H21NO/c1-16-13-7-3-2-6-12(13)8-11-14(15)9-4-5-10-14/h2-3,6-7H,4-5,8-11,15H2,1H3. The van der Waals surface area contributed by atoms with E-state index in [-0.39, 0.29) is 5.54 Å². The van der Waals surface area contributed by atoms with Crippen molar-refractivity contribution in [3.05, 3.63) is 29.8 Å². The Morgan fingerprint density at radius 1 is 1.25 bits per heavy atom. The number of rotatable bonds is 4. The highest BCUT2D eigenvalue weighted by atomic mass is 16.5. The van der Waals surface area contributed by atoms with E-state index in [1.807, 2.05) is 12.1 Å². The first-order valence-corrected chi connectivity index (χ1v) is 6.14. The summed E-state index contributed by atoms with van der Waals surface area (Å²) in [6, 6.07) is 8.23. The summed E-state index contributed by atoms with van der Waals surface area (Å²) in [5.41, 5.74) is 7.72. The zero-order chi connectivity index (χ0) is 11.4. The van der Waals surface area contributed by atoms with E-state index in [1.54, 1.807) is 7.11 Å². The maximum Gasteiger partial charge on any atom is 0.122 e. The molecule has 1 fully saturated rings. The third-order valence-electron chi connectivity index (χ3n) is 3.68. The normalized spacial score (nSPS) is 18.6. The first kappa shape index (κ1) is 11.5. The minimum atomic E-state index is 0.0842. The Kier molecular flexibility index (Phi) is 3.49. The average Bonchev–Trinajstić information content (AvgIpc) is 2.74. The van der Waals surface area contributed by atoms with Crippen LogP contribution in [0, 0.1) is 0 Å². The zero-order valence-corrected chi connectivity index (χ0v) is 10.0. The fourth-order valence-corrected chi connectivity index (χ4v) is 2.62. The van der Waals surface area contributed by atoms with Crippen LogP contribution in [-0.2, 0) is 6.42 Å². The number of methoxy groups -OCH3 is 1.